The summed E-state index contributed by atoms with van der Waals surface area (Å²) >= 11 is 5.43. The van der Waals surface area contributed by atoms with Gasteiger partial charge in [-0.3, -0.25) is 4.79 Å². The summed E-state index contributed by atoms with van der Waals surface area (Å²) < 4.78 is 5.05. The van der Waals surface area contributed by atoms with E-state index in [4.69, 9.17) is 21.6 Å². The molecule has 0 fully saturated rings. The molecule has 8 heteroatoms. The molecule has 0 saturated carbocycles. The summed E-state index contributed by atoms with van der Waals surface area (Å²) in [5.41, 5.74) is -0.608. The van der Waals surface area contributed by atoms with Gasteiger partial charge in [0.1, 0.15) is 17.2 Å². The Balaban J connectivity index is 4.01. The van der Waals surface area contributed by atoms with Gasteiger partial charge in [-0.1, -0.05) is 0 Å². The third-order valence-electron chi connectivity index (χ3n) is 1.93. The topological polar surface area (TPSA) is 103 Å². The molecule has 0 aliphatic heterocycles. The van der Waals surface area contributed by atoms with Crippen LogP contribution in [0.2, 0.25) is 0 Å². The minimum atomic E-state index is -0.550. The van der Waals surface area contributed by atoms with Crippen molar-refractivity contribution in [3.05, 3.63) is 11.8 Å². The summed E-state index contributed by atoms with van der Waals surface area (Å²) in [4.78, 5) is 22.8. The minimum absolute atomic E-state index is 0.0580. The first-order valence-corrected chi connectivity index (χ1v) is 6.98. The van der Waals surface area contributed by atoms with Crippen LogP contribution in [0.1, 0.15) is 20.8 Å². The SMILES string of the molecule is CC(C)(C)OC(=O)NCCN/C=C(/C#N)C(=O)NCCCl. The zero-order valence-electron chi connectivity index (χ0n) is 12.5. The van der Waals surface area contributed by atoms with E-state index in [1.165, 1.54) is 6.20 Å². The Kier molecular flexibility index (Phi) is 8.97. The number of nitrogens with zero attached hydrogens (tertiary/aromatic N) is 1. The smallest absolute Gasteiger partial charge is 0.407 e. The number of hydrogen-bond acceptors (Lipinski definition) is 5. The number of halogens is 1. The highest BCUT2D eigenvalue weighted by atomic mass is 35.5. The van der Waals surface area contributed by atoms with Crippen LogP contribution in [-0.2, 0) is 9.53 Å². The second kappa shape index (κ2) is 9.88. The van der Waals surface area contributed by atoms with Crippen LogP contribution in [0, 0.1) is 11.3 Å². The summed E-state index contributed by atoms with van der Waals surface area (Å²) in [5.74, 6) is -0.219. The summed E-state index contributed by atoms with van der Waals surface area (Å²) in [6.45, 7) is 6.25. The normalized spacial score (nSPS) is 11.3. The Hall–Kier alpha value is -1.94. The second-order valence-electron chi connectivity index (χ2n) is 5.00. The summed E-state index contributed by atoms with van der Waals surface area (Å²) in [6, 6.07) is 1.77. The molecule has 2 amide bonds. The molecule has 118 valence electrons. The van der Waals surface area contributed by atoms with Crippen molar-refractivity contribution in [2.45, 2.75) is 26.4 Å². The van der Waals surface area contributed by atoms with Crippen LogP contribution < -0.4 is 16.0 Å². The van der Waals surface area contributed by atoms with E-state index >= 15 is 0 Å². The van der Waals surface area contributed by atoms with Crippen LogP contribution in [-0.4, -0.2) is 43.1 Å². The molecule has 0 aromatic rings. The number of alkyl carbamates (subject to hydrolysis) is 1. The van der Waals surface area contributed by atoms with Crippen molar-refractivity contribution in [1.29, 1.82) is 5.26 Å². The van der Waals surface area contributed by atoms with Crippen molar-refractivity contribution in [2.75, 3.05) is 25.5 Å². The van der Waals surface area contributed by atoms with Gasteiger partial charge in [0, 0.05) is 31.7 Å². The highest BCUT2D eigenvalue weighted by Gasteiger charge is 2.15. The molecule has 21 heavy (non-hydrogen) atoms. The fourth-order valence-corrected chi connectivity index (χ4v) is 1.22. The number of nitrogens with one attached hydrogen (secondary N) is 3. The largest absolute Gasteiger partial charge is 0.444 e. The number of rotatable bonds is 7. The molecule has 0 unspecified atom stereocenters. The van der Waals surface area contributed by atoms with Gasteiger partial charge >= 0.3 is 6.09 Å². The van der Waals surface area contributed by atoms with Crippen molar-refractivity contribution in [3.8, 4) is 6.07 Å². The lowest BCUT2D eigenvalue weighted by molar-refractivity contribution is -0.117. The predicted octanol–water partition coefficient (Wildman–Crippen LogP) is 0.863. The minimum Gasteiger partial charge on any atom is -0.444 e. The maximum absolute atomic E-state index is 11.5. The fraction of sp³-hybridized carbons (Fsp3) is 0.615. The van der Waals surface area contributed by atoms with Crippen molar-refractivity contribution < 1.29 is 14.3 Å². The second-order valence-corrected chi connectivity index (χ2v) is 5.38. The Morgan fingerprint density at radius 3 is 2.43 bits per heavy atom. The van der Waals surface area contributed by atoms with E-state index < -0.39 is 17.6 Å². The molecule has 0 aliphatic rings. The zero-order valence-corrected chi connectivity index (χ0v) is 13.2. The van der Waals surface area contributed by atoms with Crippen LogP contribution in [0.5, 0.6) is 0 Å². The Bertz CT molecular complexity index is 424. The molecular formula is C13H21ClN4O3. The van der Waals surface area contributed by atoms with E-state index in [9.17, 15) is 9.59 Å². The number of ether oxygens (including phenoxy) is 1. The first-order chi connectivity index (χ1) is 9.80. The van der Waals surface area contributed by atoms with E-state index in [1.807, 2.05) is 0 Å². The predicted molar refractivity (Wildman–Crippen MR) is 79.7 cm³/mol. The molecule has 3 N–H and O–H groups in total. The van der Waals surface area contributed by atoms with E-state index in [1.54, 1.807) is 26.8 Å². The van der Waals surface area contributed by atoms with Crippen molar-refractivity contribution in [2.24, 2.45) is 0 Å². The van der Waals surface area contributed by atoms with Gasteiger partial charge in [-0.25, -0.2) is 4.79 Å². The molecule has 0 aromatic carbocycles. The molecule has 0 atom stereocenters. The van der Waals surface area contributed by atoms with Gasteiger partial charge in [0.15, 0.2) is 0 Å². The Morgan fingerprint density at radius 2 is 1.90 bits per heavy atom. The van der Waals surface area contributed by atoms with E-state index in [0.29, 0.717) is 19.6 Å². The van der Waals surface area contributed by atoms with Crippen LogP contribution in [0.15, 0.2) is 11.8 Å². The average Bonchev–Trinajstić information content (AvgIpc) is 2.38. The molecule has 0 aromatic heterocycles. The third-order valence-corrected chi connectivity index (χ3v) is 2.12. The lowest BCUT2D eigenvalue weighted by atomic mass is 10.2. The van der Waals surface area contributed by atoms with Crippen LogP contribution in [0.3, 0.4) is 0 Å². The molecule has 0 bridgehead atoms. The maximum Gasteiger partial charge on any atom is 0.407 e. The highest BCUT2D eigenvalue weighted by molar-refractivity contribution is 6.18. The van der Waals surface area contributed by atoms with Gasteiger partial charge in [0.25, 0.3) is 5.91 Å². The van der Waals surface area contributed by atoms with Crippen molar-refractivity contribution in [3.63, 3.8) is 0 Å². The van der Waals surface area contributed by atoms with Gasteiger partial charge in [-0.2, -0.15) is 5.26 Å². The number of nitriles is 1. The Labute approximate surface area is 129 Å². The third kappa shape index (κ3) is 10.5. The molecule has 0 saturated heterocycles. The number of carbonyl (C=O) groups is 2. The van der Waals surface area contributed by atoms with Crippen LogP contribution >= 0.6 is 11.6 Å². The summed E-state index contributed by atoms with van der Waals surface area (Å²) in [6.07, 6.45) is 0.772. The average molecular weight is 317 g/mol. The molecular weight excluding hydrogens is 296 g/mol. The van der Waals surface area contributed by atoms with Gasteiger partial charge in [-0.15, -0.1) is 11.6 Å². The van der Waals surface area contributed by atoms with Gasteiger partial charge in [0.05, 0.1) is 0 Å². The molecule has 0 aliphatic carbocycles. The molecule has 7 nitrogen and oxygen atoms in total. The lowest BCUT2D eigenvalue weighted by Crippen LogP contribution is -2.35. The monoisotopic (exact) mass is 316 g/mol. The van der Waals surface area contributed by atoms with Gasteiger partial charge in [-0.05, 0) is 20.8 Å². The van der Waals surface area contributed by atoms with Gasteiger partial charge in [0.2, 0.25) is 0 Å². The molecule has 0 radical (unpaired) electrons. The van der Waals surface area contributed by atoms with Crippen LogP contribution in [0.4, 0.5) is 4.79 Å². The first-order valence-electron chi connectivity index (χ1n) is 6.45. The number of alkyl halides is 1. The Morgan fingerprint density at radius 1 is 1.24 bits per heavy atom. The standard InChI is InChI=1S/C13H21ClN4O3/c1-13(2,3)21-12(20)18-7-6-16-9-10(8-15)11(19)17-5-4-14/h9,16H,4-7H2,1-3H3,(H,17,19)(H,18,20)/b10-9-. The molecule has 0 heterocycles. The first kappa shape index (κ1) is 19.1. The quantitative estimate of drug-likeness (QED) is 0.280. The maximum atomic E-state index is 11.5. The zero-order chi connectivity index (χ0) is 16.3. The van der Waals surface area contributed by atoms with E-state index in [2.05, 4.69) is 16.0 Å². The number of amides is 2. The fourth-order valence-electron chi connectivity index (χ4n) is 1.13. The molecule has 0 rings (SSSR count). The molecule has 0 spiro atoms. The lowest BCUT2D eigenvalue weighted by Gasteiger charge is -2.19. The van der Waals surface area contributed by atoms with E-state index in [0.717, 1.165) is 0 Å². The van der Waals surface area contributed by atoms with E-state index in [-0.39, 0.29) is 11.5 Å². The van der Waals surface area contributed by atoms with Crippen molar-refractivity contribution >= 4 is 23.6 Å². The number of hydrogen-bond donors (Lipinski definition) is 3. The summed E-state index contributed by atoms with van der Waals surface area (Å²) in [5, 5.41) is 16.6. The highest BCUT2D eigenvalue weighted by Crippen LogP contribution is 2.05. The summed E-state index contributed by atoms with van der Waals surface area (Å²) in [7, 11) is 0. The van der Waals surface area contributed by atoms with Gasteiger partial charge < -0.3 is 20.7 Å². The number of carbonyl (C=O) groups excluding carboxylic acids is 2. The van der Waals surface area contributed by atoms with Crippen molar-refractivity contribution in [1.82, 2.24) is 16.0 Å². The van der Waals surface area contributed by atoms with Crippen LogP contribution in [0.25, 0.3) is 0 Å².